The van der Waals surface area contributed by atoms with E-state index in [1.54, 1.807) is 6.07 Å². The van der Waals surface area contributed by atoms with E-state index in [1.165, 1.54) is 0 Å². The topological polar surface area (TPSA) is 185 Å². The third-order valence-electron chi connectivity index (χ3n) is 8.00. The van der Waals surface area contributed by atoms with Gasteiger partial charge < -0.3 is 54.3 Å². The molecule has 42 heavy (non-hydrogen) atoms. The molecule has 4 aliphatic heterocycles. The molecule has 4 bridgehead atoms. The van der Waals surface area contributed by atoms with E-state index in [9.17, 15) is 35.4 Å². The van der Waals surface area contributed by atoms with E-state index in [-0.39, 0.29) is 18.5 Å². The van der Waals surface area contributed by atoms with Gasteiger partial charge >= 0.3 is 0 Å². The zero-order chi connectivity index (χ0) is 29.9. The van der Waals surface area contributed by atoms with Crippen LogP contribution in [0.25, 0.3) is 0 Å². The van der Waals surface area contributed by atoms with Gasteiger partial charge in [0.2, 0.25) is 0 Å². The van der Waals surface area contributed by atoms with E-state index in [1.807, 2.05) is 36.4 Å². The predicted octanol–water partition coefficient (Wildman–Crippen LogP) is 0.702. The Hall–Kier alpha value is -2.65. The van der Waals surface area contributed by atoms with Gasteiger partial charge in [0.15, 0.2) is 36.0 Å². The summed E-state index contributed by atoms with van der Waals surface area (Å²) in [4.78, 5) is 12.7. The van der Waals surface area contributed by atoms with Crippen LogP contribution in [0.4, 0.5) is 0 Å². The molecule has 0 unspecified atom stereocenters. The molecular weight excluding hydrogens is 552 g/mol. The maximum absolute atomic E-state index is 12.7. The van der Waals surface area contributed by atoms with Crippen molar-refractivity contribution in [3.63, 3.8) is 0 Å². The van der Waals surface area contributed by atoms with E-state index >= 15 is 0 Å². The number of phenols is 1. The van der Waals surface area contributed by atoms with Crippen LogP contribution in [0, 0.1) is 0 Å². The molecule has 6 N–H and O–H groups in total. The molecule has 2 fully saturated rings. The minimum absolute atomic E-state index is 0.0635. The molecule has 8 atom stereocenters. The minimum Gasteiger partial charge on any atom is -0.504 e. The predicted molar refractivity (Wildman–Crippen MR) is 145 cm³/mol. The van der Waals surface area contributed by atoms with Gasteiger partial charge in [-0.1, -0.05) is 24.6 Å². The van der Waals surface area contributed by atoms with Crippen LogP contribution < -0.4 is 4.74 Å². The highest BCUT2D eigenvalue weighted by molar-refractivity contribution is 5.88. The molecule has 2 aromatic carbocycles. The van der Waals surface area contributed by atoms with Gasteiger partial charge in [0, 0.05) is 0 Å². The number of hydrogen-bond donors (Lipinski definition) is 6. The van der Waals surface area contributed by atoms with Crippen molar-refractivity contribution in [3.8, 4) is 17.2 Å². The monoisotopic (exact) mass is 590 g/mol. The van der Waals surface area contributed by atoms with E-state index in [0.29, 0.717) is 30.8 Å². The lowest BCUT2D eigenvalue weighted by molar-refractivity contribution is -0.279. The Morgan fingerprint density at radius 3 is 2.43 bits per heavy atom. The van der Waals surface area contributed by atoms with Crippen molar-refractivity contribution < 1.29 is 59.1 Å². The van der Waals surface area contributed by atoms with Crippen LogP contribution in [0.5, 0.6) is 17.2 Å². The van der Waals surface area contributed by atoms with Gasteiger partial charge in [0.05, 0.1) is 25.9 Å². The molecule has 2 aromatic rings. The average molecular weight is 591 g/mol. The Balaban J connectivity index is 1.24. The van der Waals surface area contributed by atoms with Crippen molar-refractivity contribution in [2.75, 3.05) is 19.8 Å². The zero-order valence-corrected chi connectivity index (χ0v) is 23.1. The third kappa shape index (κ3) is 6.94. The third-order valence-corrected chi connectivity index (χ3v) is 8.00. The van der Waals surface area contributed by atoms with Gasteiger partial charge in [-0.15, -0.1) is 0 Å². The van der Waals surface area contributed by atoms with Crippen molar-refractivity contribution in [1.82, 2.24) is 0 Å². The second-order valence-corrected chi connectivity index (χ2v) is 11.1. The number of ether oxygens (including phenoxy) is 5. The molecule has 0 aliphatic carbocycles. The van der Waals surface area contributed by atoms with Gasteiger partial charge in [-0.3, -0.25) is 4.79 Å². The molecule has 4 aliphatic rings. The Kier molecular flexibility index (Phi) is 9.77. The summed E-state index contributed by atoms with van der Waals surface area (Å²) < 4.78 is 28.5. The Morgan fingerprint density at radius 1 is 0.929 bits per heavy atom. The van der Waals surface area contributed by atoms with E-state index in [4.69, 9.17) is 23.7 Å². The summed E-state index contributed by atoms with van der Waals surface area (Å²) in [5.74, 6) is 0.168. The van der Waals surface area contributed by atoms with Gasteiger partial charge in [-0.2, -0.15) is 0 Å². The first-order chi connectivity index (χ1) is 20.2. The number of phenolic OH excluding ortho intramolecular Hbond substituents is 1. The lowest BCUT2D eigenvalue weighted by Crippen LogP contribution is -2.58. The highest BCUT2D eigenvalue weighted by Gasteiger charge is 2.50. The Labute approximate surface area is 243 Å². The number of aryl methyl sites for hydroxylation is 2. The Bertz CT molecular complexity index is 1210. The quantitative estimate of drug-likeness (QED) is 0.277. The first kappa shape index (κ1) is 30.8. The summed E-state index contributed by atoms with van der Waals surface area (Å²) in [5, 5.41) is 60.9. The number of aliphatic hydroxyl groups is 5. The first-order valence-electron chi connectivity index (χ1n) is 14.2. The second kappa shape index (κ2) is 13.3. The lowest BCUT2D eigenvalue weighted by Gasteiger charge is -2.37. The van der Waals surface area contributed by atoms with Crippen LogP contribution in [0.2, 0.25) is 0 Å². The van der Waals surface area contributed by atoms with Gasteiger partial charge in [-0.05, 0) is 67.5 Å². The molecule has 0 saturated carbocycles. The molecule has 0 aromatic heterocycles. The van der Waals surface area contributed by atoms with E-state index < -0.39 is 61.6 Å². The highest BCUT2D eigenvalue weighted by Crippen LogP contribution is 2.33. The van der Waals surface area contributed by atoms with Crippen molar-refractivity contribution in [1.29, 1.82) is 0 Å². The molecule has 0 spiro atoms. The van der Waals surface area contributed by atoms with Gasteiger partial charge in [-0.25, -0.2) is 0 Å². The highest BCUT2D eigenvalue weighted by atomic mass is 16.7. The standard InChI is InChI=1S/C30H38O12/c31-15-30(37)16-39-29(27(30)36)38-14-23-24(33)25(34)26(35)28(42-23)41-19-4-2-1-3-18-8-12-21(32)22(13-18)40-20-10-6-17(5-9-19)7-11-20/h6-8,10-13,19,23-24,26-29,31-33,35-37H,1-5,9,14-16H2/t19-,23-,24-,26-,27+,28+,29-,30-/m1/s1. The average Bonchev–Trinajstić information content (AvgIpc) is 3.28. The molecule has 230 valence electrons. The largest absolute Gasteiger partial charge is 0.504 e. The van der Waals surface area contributed by atoms with Crippen molar-refractivity contribution >= 4 is 5.78 Å². The number of rotatable bonds is 6. The lowest BCUT2D eigenvalue weighted by atomic mass is 9.99. The van der Waals surface area contributed by atoms with E-state index in [2.05, 4.69) is 0 Å². The summed E-state index contributed by atoms with van der Waals surface area (Å²) in [6.45, 7) is -1.51. The van der Waals surface area contributed by atoms with Gasteiger partial charge in [0.25, 0.3) is 0 Å². The second-order valence-electron chi connectivity index (χ2n) is 11.1. The number of hydrogen-bond acceptors (Lipinski definition) is 12. The number of Topliss-reactive ketones (excluding diaryl/α,β-unsaturated/α-hetero) is 1. The van der Waals surface area contributed by atoms with Crippen molar-refractivity contribution in [3.05, 3.63) is 53.6 Å². The van der Waals surface area contributed by atoms with Crippen molar-refractivity contribution in [2.45, 2.75) is 87.2 Å². The summed E-state index contributed by atoms with van der Waals surface area (Å²) in [7, 11) is 0. The molecule has 0 radical (unpaired) electrons. The van der Waals surface area contributed by atoms with Crippen LogP contribution in [0.15, 0.2) is 42.5 Å². The molecule has 12 nitrogen and oxygen atoms in total. The summed E-state index contributed by atoms with van der Waals surface area (Å²) in [6, 6.07) is 12.8. The number of ketones is 1. The molecular formula is C30H38O12. The van der Waals surface area contributed by atoms with Crippen LogP contribution in [-0.4, -0.2) is 105 Å². The fourth-order valence-electron chi connectivity index (χ4n) is 5.32. The fraction of sp³-hybridized carbons (Fsp3) is 0.567. The molecule has 6 rings (SSSR count). The number of fused-ring (bicyclic) bond motifs is 8. The van der Waals surface area contributed by atoms with E-state index in [0.717, 1.165) is 30.4 Å². The molecule has 4 heterocycles. The number of benzene rings is 2. The normalized spacial score (nSPS) is 34.0. The zero-order valence-electron chi connectivity index (χ0n) is 23.1. The minimum atomic E-state index is -1.89. The smallest absolute Gasteiger partial charge is 0.197 e. The van der Waals surface area contributed by atoms with Crippen LogP contribution in [-0.2, 0) is 36.6 Å². The molecule has 12 heteroatoms. The summed E-state index contributed by atoms with van der Waals surface area (Å²) in [5.41, 5.74) is 0.135. The molecule has 0 amide bonds. The van der Waals surface area contributed by atoms with Crippen molar-refractivity contribution in [2.24, 2.45) is 0 Å². The summed E-state index contributed by atoms with van der Waals surface area (Å²) >= 11 is 0. The fourth-order valence-corrected chi connectivity index (χ4v) is 5.32. The van der Waals surface area contributed by atoms with Crippen LogP contribution in [0.3, 0.4) is 0 Å². The maximum Gasteiger partial charge on any atom is 0.197 e. The maximum atomic E-state index is 12.7. The molecule has 2 saturated heterocycles. The number of aromatic hydroxyl groups is 1. The number of carbonyl (C=O) groups excluding carboxylic acids is 1. The van der Waals surface area contributed by atoms with Crippen LogP contribution >= 0.6 is 0 Å². The SMILES string of the molecule is O=C1[C@@H](O)[C@@H](O[C@@H]2CCCCc3ccc(O)c(c3)Oc3ccc(cc3)CC2)O[C@H](CO[C@@H]2OC[C@](O)(CO)[C@H]2O)[C@H]1O. The summed E-state index contributed by atoms with van der Waals surface area (Å²) in [6.07, 6.45) is -5.11. The van der Waals surface area contributed by atoms with Crippen LogP contribution in [0.1, 0.15) is 36.8 Å². The van der Waals surface area contributed by atoms with Gasteiger partial charge in [0.1, 0.15) is 29.7 Å². The number of aliphatic hydroxyl groups excluding tert-OH is 4. The number of carbonyl (C=O) groups is 1. The first-order valence-corrected chi connectivity index (χ1v) is 14.2. The Morgan fingerprint density at radius 2 is 1.69 bits per heavy atom.